The van der Waals surface area contributed by atoms with E-state index in [1.54, 1.807) is 38.1 Å². The Morgan fingerprint density at radius 3 is 2.39 bits per heavy atom. The van der Waals surface area contributed by atoms with Gasteiger partial charge in [-0.1, -0.05) is 11.8 Å². The number of carbonyl (C=O) groups is 2. The quantitative estimate of drug-likeness (QED) is 0.317. The normalized spacial score (nSPS) is 20.8. The molecule has 4 N–H and O–H groups in total. The highest BCUT2D eigenvalue weighted by atomic mass is 32.2. The lowest BCUT2D eigenvalue weighted by Gasteiger charge is -2.31. The molecule has 1 fully saturated rings. The first-order valence-electron chi connectivity index (χ1n) is 8.99. The summed E-state index contributed by atoms with van der Waals surface area (Å²) < 4.78 is 10.9. The van der Waals surface area contributed by atoms with Gasteiger partial charge in [-0.15, -0.1) is 0 Å². The van der Waals surface area contributed by atoms with Crippen molar-refractivity contribution in [3.05, 3.63) is 35.4 Å². The minimum Gasteiger partial charge on any atom is -0.396 e. The fraction of sp³-hybridized carbons (Fsp3) is 0.500. The van der Waals surface area contributed by atoms with Crippen LogP contribution in [0.2, 0.25) is 0 Å². The molecule has 2 rings (SSSR count). The maximum absolute atomic E-state index is 12.5. The van der Waals surface area contributed by atoms with Crippen molar-refractivity contribution in [1.82, 2.24) is 10.8 Å². The second-order valence-corrected chi connectivity index (χ2v) is 9.46. The number of rotatable bonds is 6. The minimum atomic E-state index is -1.43. The Labute approximate surface area is 167 Å². The van der Waals surface area contributed by atoms with E-state index in [9.17, 15) is 13.8 Å². The third-order valence-corrected chi connectivity index (χ3v) is 6.86. The van der Waals surface area contributed by atoms with Crippen molar-refractivity contribution in [3.8, 4) is 11.8 Å². The molecule has 0 saturated heterocycles. The standard InChI is InChI=1S/C20H26N2O5S/c1-20(2,28(3)27)17(19(25)22-26)21-18(24)16-8-6-13(7-9-16)4-5-14-10-15(11-14)12-23/h6-9,14-15,17,23,26H,10-12H2,1-3H3,(H,21,24)(H,22,25)/t14?,15?,17-,28?/m1/s1. The fourth-order valence-corrected chi connectivity index (χ4v) is 3.39. The minimum absolute atomic E-state index is 0.208. The average Bonchev–Trinajstić information content (AvgIpc) is 2.64. The van der Waals surface area contributed by atoms with Crippen molar-refractivity contribution >= 4 is 22.6 Å². The molecule has 0 aliphatic heterocycles. The molecule has 0 radical (unpaired) electrons. The van der Waals surface area contributed by atoms with Gasteiger partial charge in [0.15, 0.2) is 0 Å². The van der Waals surface area contributed by atoms with E-state index in [0.717, 1.165) is 18.4 Å². The van der Waals surface area contributed by atoms with Crippen LogP contribution in [0.15, 0.2) is 24.3 Å². The molecule has 1 saturated carbocycles. The molecule has 8 heteroatoms. The molecular weight excluding hydrogens is 380 g/mol. The van der Waals surface area contributed by atoms with Crippen LogP contribution in [-0.4, -0.2) is 50.0 Å². The number of amides is 2. The molecule has 1 unspecified atom stereocenters. The third kappa shape index (κ3) is 5.19. The molecule has 0 heterocycles. The summed E-state index contributed by atoms with van der Waals surface area (Å²) in [5, 5.41) is 20.5. The topological polar surface area (TPSA) is 116 Å². The van der Waals surface area contributed by atoms with Crippen LogP contribution in [0.4, 0.5) is 0 Å². The van der Waals surface area contributed by atoms with Crippen LogP contribution in [0.25, 0.3) is 0 Å². The molecule has 2 amide bonds. The summed E-state index contributed by atoms with van der Waals surface area (Å²) in [4.78, 5) is 24.5. The third-order valence-electron chi connectivity index (χ3n) is 5.15. The summed E-state index contributed by atoms with van der Waals surface area (Å²) in [6, 6.07) is 5.46. The zero-order chi connectivity index (χ0) is 20.9. The molecule has 0 spiro atoms. The van der Waals surface area contributed by atoms with Crippen molar-refractivity contribution in [1.29, 1.82) is 0 Å². The first-order chi connectivity index (χ1) is 13.2. The van der Waals surface area contributed by atoms with Crippen molar-refractivity contribution in [2.75, 3.05) is 12.9 Å². The summed E-state index contributed by atoms with van der Waals surface area (Å²) in [6.07, 6.45) is 3.25. The van der Waals surface area contributed by atoms with Crippen molar-refractivity contribution in [2.24, 2.45) is 11.8 Å². The number of nitrogens with one attached hydrogen (secondary N) is 2. The average molecular weight is 407 g/mol. The van der Waals surface area contributed by atoms with E-state index in [1.807, 2.05) is 0 Å². The fourth-order valence-electron chi connectivity index (χ4n) is 2.89. The number of hydroxylamine groups is 1. The Kier molecular flexibility index (Phi) is 7.35. The zero-order valence-corrected chi connectivity index (χ0v) is 17.0. The van der Waals surface area contributed by atoms with Gasteiger partial charge in [0.25, 0.3) is 11.8 Å². The summed E-state index contributed by atoms with van der Waals surface area (Å²) in [5.74, 6) is 5.53. The second-order valence-electron chi connectivity index (χ2n) is 7.50. The van der Waals surface area contributed by atoms with Crippen molar-refractivity contribution in [3.63, 3.8) is 0 Å². The van der Waals surface area contributed by atoms with E-state index in [1.165, 1.54) is 11.7 Å². The number of hydrogen-bond acceptors (Lipinski definition) is 5. The Bertz CT molecular complexity index is 804. The van der Waals surface area contributed by atoms with Crippen LogP contribution >= 0.6 is 0 Å². The number of aliphatic hydroxyl groups excluding tert-OH is 1. The summed E-state index contributed by atoms with van der Waals surface area (Å²) in [7, 11) is -1.43. The molecule has 0 aromatic heterocycles. The molecule has 152 valence electrons. The molecule has 28 heavy (non-hydrogen) atoms. The Morgan fingerprint density at radius 2 is 1.89 bits per heavy atom. The first kappa shape index (κ1) is 22.1. The SMILES string of the molecule is CS(=O)C(C)(C)[C@H](NC(=O)c1ccc(C#CC2CC(CO)C2)cc1)C(=O)NO. The van der Waals surface area contributed by atoms with E-state index >= 15 is 0 Å². The highest BCUT2D eigenvalue weighted by Crippen LogP contribution is 2.32. The van der Waals surface area contributed by atoms with Crippen LogP contribution in [0.5, 0.6) is 0 Å². The van der Waals surface area contributed by atoms with Crippen LogP contribution in [0.3, 0.4) is 0 Å². The zero-order valence-electron chi connectivity index (χ0n) is 16.2. The van der Waals surface area contributed by atoms with E-state index in [-0.39, 0.29) is 6.61 Å². The number of hydrogen-bond donors (Lipinski definition) is 4. The van der Waals surface area contributed by atoms with Crippen molar-refractivity contribution in [2.45, 2.75) is 37.5 Å². The van der Waals surface area contributed by atoms with Crippen LogP contribution < -0.4 is 10.8 Å². The highest BCUT2D eigenvalue weighted by molar-refractivity contribution is 7.85. The molecule has 1 aromatic carbocycles. The Hall–Kier alpha value is -2.21. The molecule has 1 aliphatic carbocycles. The second kappa shape index (κ2) is 9.32. The van der Waals surface area contributed by atoms with E-state index in [0.29, 0.717) is 17.4 Å². The molecule has 1 aromatic rings. The van der Waals surface area contributed by atoms with Crippen LogP contribution in [0, 0.1) is 23.7 Å². The molecule has 0 bridgehead atoms. The van der Waals surface area contributed by atoms with Gasteiger partial charge in [-0.25, -0.2) is 5.48 Å². The summed E-state index contributed by atoms with van der Waals surface area (Å²) in [5.41, 5.74) is 2.61. The number of carbonyl (C=O) groups excluding carboxylic acids is 2. The number of aliphatic hydroxyl groups is 1. The van der Waals surface area contributed by atoms with Gasteiger partial charge >= 0.3 is 0 Å². The largest absolute Gasteiger partial charge is 0.396 e. The monoisotopic (exact) mass is 406 g/mol. The van der Waals surface area contributed by atoms with E-state index < -0.39 is 33.4 Å². The van der Waals surface area contributed by atoms with Crippen LogP contribution in [0.1, 0.15) is 42.6 Å². The number of benzene rings is 1. The summed E-state index contributed by atoms with van der Waals surface area (Å²) in [6.45, 7) is 3.35. The maximum atomic E-state index is 12.5. The lowest BCUT2D eigenvalue weighted by molar-refractivity contribution is -0.131. The predicted octanol–water partition coefficient (Wildman–Crippen LogP) is 0.818. The molecule has 1 aliphatic rings. The van der Waals surface area contributed by atoms with Gasteiger partial charge in [0.2, 0.25) is 0 Å². The van der Waals surface area contributed by atoms with Gasteiger partial charge < -0.3 is 10.4 Å². The summed E-state index contributed by atoms with van der Waals surface area (Å²) >= 11 is 0. The highest BCUT2D eigenvalue weighted by Gasteiger charge is 2.39. The lowest BCUT2D eigenvalue weighted by Crippen LogP contribution is -2.58. The maximum Gasteiger partial charge on any atom is 0.267 e. The van der Waals surface area contributed by atoms with Crippen LogP contribution in [-0.2, 0) is 15.6 Å². The van der Waals surface area contributed by atoms with E-state index in [4.69, 9.17) is 10.3 Å². The van der Waals surface area contributed by atoms with Gasteiger partial charge in [-0.2, -0.15) is 0 Å². The first-order valence-corrected chi connectivity index (χ1v) is 10.6. The molecule has 7 nitrogen and oxygen atoms in total. The van der Waals surface area contributed by atoms with E-state index in [2.05, 4.69) is 17.2 Å². The van der Waals surface area contributed by atoms with Gasteiger partial charge in [-0.05, 0) is 56.9 Å². The Morgan fingerprint density at radius 1 is 1.29 bits per heavy atom. The Balaban J connectivity index is 2.06. The molecular formula is C20H26N2O5S. The lowest BCUT2D eigenvalue weighted by atomic mass is 9.76. The van der Waals surface area contributed by atoms with Crippen molar-refractivity contribution < 1.29 is 24.1 Å². The predicted molar refractivity (Wildman–Crippen MR) is 106 cm³/mol. The van der Waals surface area contributed by atoms with Gasteiger partial charge in [0.05, 0.1) is 4.75 Å². The van der Waals surface area contributed by atoms with Gasteiger partial charge in [0, 0.05) is 40.7 Å². The smallest absolute Gasteiger partial charge is 0.267 e. The van der Waals surface area contributed by atoms with Gasteiger partial charge in [-0.3, -0.25) is 19.0 Å². The molecule has 2 atom stereocenters. The van der Waals surface area contributed by atoms with Gasteiger partial charge in [0.1, 0.15) is 6.04 Å².